The number of hydrogen-bond donors (Lipinski definition) is 6. The van der Waals surface area contributed by atoms with Crippen LogP contribution in [0.4, 0.5) is 17.1 Å². The highest BCUT2D eigenvalue weighted by Gasteiger charge is 2.53. The van der Waals surface area contributed by atoms with Gasteiger partial charge in [0.25, 0.3) is 0 Å². The van der Waals surface area contributed by atoms with Crippen molar-refractivity contribution in [2.75, 3.05) is 35.6 Å². The van der Waals surface area contributed by atoms with Crippen LogP contribution in [-0.2, 0) is 28.6 Å². The molecule has 3 aromatic heterocycles. The molecule has 7 heterocycles. The lowest BCUT2D eigenvalue weighted by Crippen LogP contribution is -2.41. The molecule has 1 saturated heterocycles. The van der Waals surface area contributed by atoms with Crippen molar-refractivity contribution in [3.63, 3.8) is 0 Å². The molecule has 16 heteroatoms. The van der Waals surface area contributed by atoms with Crippen molar-refractivity contribution in [3.8, 4) is 40.5 Å². The number of benzene rings is 6. The molecule has 16 rings (SSSR count). The Morgan fingerprint density at radius 1 is 0.427 bits per heavy atom. The summed E-state index contributed by atoms with van der Waals surface area (Å²) in [4.78, 5) is 0. The third-order valence-corrected chi connectivity index (χ3v) is 24.6. The molecular formula is C87H105BBrN9O5. The second-order valence-corrected chi connectivity index (χ2v) is 35.1. The Morgan fingerprint density at radius 3 is 1.12 bits per heavy atom. The number of hydrogen-bond acceptors (Lipinski definition) is 11. The summed E-state index contributed by atoms with van der Waals surface area (Å²) in [5.74, 6) is 0. The number of nitriles is 3. The SMILES string of the molecule is CC1(C)CNc2cccc(Br)c2C1.Cc1cc2c(cc1C#N)c(-c1cccc3c1CC(C)(C)CN3)cn2C1CCC(O)CC1.Cc1cc2c(cc1C#N)c(-c1cccc3c1CC(C)(C)CN3)cn2C1CCC(O)CC1.Cc1cc2c(cc1C#N)c(B1OC(C)(C)C(C)(C)O1)cn2C1CCC(O)CC1. The van der Waals surface area contributed by atoms with Gasteiger partial charge < -0.3 is 54.3 Å². The number of nitrogens with one attached hydrogen (secondary N) is 3. The summed E-state index contributed by atoms with van der Waals surface area (Å²) in [5, 5.41) is 72.9. The van der Waals surface area contributed by atoms with Crippen LogP contribution in [0, 0.1) is 71.0 Å². The van der Waals surface area contributed by atoms with Gasteiger partial charge in [0.05, 0.1) is 64.4 Å². The molecule has 0 amide bonds. The summed E-state index contributed by atoms with van der Waals surface area (Å²) in [6.45, 7) is 31.1. The Balaban J connectivity index is 0.000000127. The first-order valence-electron chi connectivity index (χ1n) is 37.7. The fourth-order valence-corrected chi connectivity index (χ4v) is 17.5. The molecule has 6 N–H and O–H groups in total. The van der Waals surface area contributed by atoms with E-state index in [1.54, 1.807) is 0 Å². The van der Waals surface area contributed by atoms with E-state index in [4.69, 9.17) is 9.31 Å². The van der Waals surface area contributed by atoms with E-state index in [0.717, 1.165) is 171 Å². The molecular weight excluding hydrogens is 1340 g/mol. The van der Waals surface area contributed by atoms with Crippen LogP contribution < -0.4 is 21.4 Å². The zero-order valence-electron chi connectivity index (χ0n) is 62.9. The van der Waals surface area contributed by atoms with Crippen molar-refractivity contribution in [2.24, 2.45) is 16.2 Å². The molecule has 4 fully saturated rings. The van der Waals surface area contributed by atoms with Crippen LogP contribution >= 0.6 is 15.9 Å². The monoisotopic (exact) mass is 1450 g/mol. The Bertz CT molecular complexity index is 4610. The van der Waals surface area contributed by atoms with Gasteiger partial charge in [0.15, 0.2) is 0 Å². The van der Waals surface area contributed by atoms with E-state index in [1.807, 2.05) is 26.8 Å². The lowest BCUT2D eigenvalue weighted by atomic mass is 9.78. The van der Waals surface area contributed by atoms with Crippen molar-refractivity contribution in [1.29, 1.82) is 15.8 Å². The summed E-state index contributed by atoms with van der Waals surface area (Å²) in [7, 11) is -0.461. The quantitative estimate of drug-likeness (QED) is 0.0865. The minimum absolute atomic E-state index is 0.168. The molecule has 7 aliphatic rings. The second kappa shape index (κ2) is 28.9. The third-order valence-electron chi connectivity index (χ3n) is 23.9. The van der Waals surface area contributed by atoms with E-state index in [1.165, 1.54) is 71.5 Å². The zero-order valence-corrected chi connectivity index (χ0v) is 64.5. The molecule has 14 nitrogen and oxygen atoms in total. The lowest BCUT2D eigenvalue weighted by molar-refractivity contribution is 0.00578. The summed E-state index contributed by atoms with van der Waals surface area (Å²) in [6.07, 6.45) is 20.4. The summed E-state index contributed by atoms with van der Waals surface area (Å²) >= 11 is 3.59. The predicted molar refractivity (Wildman–Crippen MR) is 423 cm³/mol. The largest absolute Gasteiger partial charge is 0.497 e. The molecule has 0 atom stereocenters. The van der Waals surface area contributed by atoms with E-state index in [9.17, 15) is 31.1 Å². The first-order chi connectivity index (χ1) is 48.9. The number of aromatic nitrogens is 3. The van der Waals surface area contributed by atoms with E-state index < -0.39 is 18.3 Å². The van der Waals surface area contributed by atoms with Gasteiger partial charge in [-0.3, -0.25) is 0 Å². The normalized spacial score (nSPS) is 23.2. The number of aliphatic hydroxyl groups excluding tert-OH is 3. The van der Waals surface area contributed by atoms with Crippen molar-refractivity contribution >= 4 is 78.3 Å². The number of halogens is 1. The second-order valence-electron chi connectivity index (χ2n) is 34.3. The molecule has 0 unspecified atom stereocenters. The van der Waals surface area contributed by atoms with Crippen molar-refractivity contribution < 1.29 is 24.6 Å². The van der Waals surface area contributed by atoms with Gasteiger partial charge in [-0.05, 0) is 266 Å². The fraction of sp³-hybridized carbons (Fsp3) is 0.483. The molecule has 0 radical (unpaired) electrons. The van der Waals surface area contributed by atoms with Crippen molar-refractivity contribution in [2.45, 2.75) is 234 Å². The Morgan fingerprint density at radius 2 is 0.748 bits per heavy atom. The van der Waals surface area contributed by atoms with Crippen molar-refractivity contribution in [1.82, 2.24) is 13.7 Å². The molecule has 0 bridgehead atoms. The van der Waals surface area contributed by atoms with E-state index in [-0.39, 0.29) is 29.1 Å². The fourth-order valence-electron chi connectivity index (χ4n) is 17.0. The van der Waals surface area contributed by atoms with Crippen LogP contribution in [0.3, 0.4) is 0 Å². The summed E-state index contributed by atoms with van der Waals surface area (Å²) < 4.78 is 21.0. The minimum Gasteiger partial charge on any atom is -0.399 e. The maximum Gasteiger partial charge on any atom is 0.497 e. The summed E-state index contributed by atoms with van der Waals surface area (Å²) in [6, 6.07) is 40.2. The van der Waals surface area contributed by atoms with Crippen LogP contribution in [0.2, 0.25) is 0 Å². The first-order valence-corrected chi connectivity index (χ1v) is 38.5. The average Bonchev–Trinajstić information content (AvgIpc) is 1.61. The molecule has 3 aliphatic carbocycles. The van der Waals surface area contributed by atoms with Crippen molar-refractivity contribution in [3.05, 3.63) is 164 Å². The number of anilines is 3. The third kappa shape index (κ3) is 15.1. The molecule has 3 saturated carbocycles. The number of rotatable bonds is 6. The van der Waals surface area contributed by atoms with Crippen LogP contribution in [0.15, 0.2) is 114 Å². The van der Waals surface area contributed by atoms with Gasteiger partial charge in [-0.25, -0.2) is 0 Å². The smallest absolute Gasteiger partial charge is 0.399 e. The Labute approximate surface area is 619 Å². The van der Waals surface area contributed by atoms with Gasteiger partial charge >= 0.3 is 7.12 Å². The summed E-state index contributed by atoms with van der Waals surface area (Å²) in [5.41, 5.74) is 22.5. The molecule has 103 heavy (non-hydrogen) atoms. The van der Waals surface area contributed by atoms with Gasteiger partial charge in [0.2, 0.25) is 0 Å². The van der Waals surface area contributed by atoms with Gasteiger partial charge in [0, 0.05) is 127 Å². The first kappa shape index (κ1) is 73.5. The highest BCUT2D eigenvalue weighted by molar-refractivity contribution is 9.10. The van der Waals surface area contributed by atoms with Crippen LogP contribution in [-0.4, -0.2) is 85.3 Å². The molecule has 9 aromatic rings. The predicted octanol–water partition coefficient (Wildman–Crippen LogP) is 19.0. The topological polar surface area (TPSA) is 201 Å². The standard InChI is InChI=1S/2C27H31N3O.C22H29BN2O3.C11H14BrN/c2*1-17-11-26-22(12-18(17)14-28)24(15-30(26)19-7-9-20(31)10-8-19)21-5-4-6-25-23(21)13-27(2,3)16-29-25;1-14-10-20-18(11-15(14)12-24)19(23-27-21(2,3)22(4,5)28-23)13-25(20)16-6-8-17(26)9-7-16;1-11(2)6-8-9(12)4-3-5-10(8)13-7-11/h2*4-6,11-12,15,19-20,29,31H,7-10,13,16H2,1-3H3;10-11,13,16-17,26H,6-9H2,1-5H3;3-5,13H,6-7H2,1-2H3. The average molecular weight is 1450 g/mol. The van der Waals surface area contributed by atoms with Gasteiger partial charge in [-0.2, -0.15) is 15.8 Å². The molecule has 0 spiro atoms. The van der Waals surface area contributed by atoms with Crippen LogP contribution in [0.5, 0.6) is 0 Å². The minimum atomic E-state index is -0.461. The Kier molecular flexibility index (Phi) is 20.6. The number of aliphatic hydroxyl groups is 3. The van der Waals surface area contributed by atoms with Crippen LogP contribution in [0.25, 0.3) is 55.0 Å². The Hall–Kier alpha value is -7.85. The van der Waals surface area contributed by atoms with Crippen LogP contribution in [0.1, 0.15) is 214 Å². The van der Waals surface area contributed by atoms with Gasteiger partial charge in [-0.1, -0.05) is 87.8 Å². The molecule has 538 valence electrons. The molecule has 6 aromatic carbocycles. The maximum absolute atomic E-state index is 10.0. The maximum atomic E-state index is 10.0. The van der Waals surface area contributed by atoms with Gasteiger partial charge in [0.1, 0.15) is 0 Å². The number of aryl methyl sites for hydroxylation is 3. The van der Waals surface area contributed by atoms with E-state index in [2.05, 4.69) is 237 Å². The zero-order chi connectivity index (χ0) is 73.2. The van der Waals surface area contributed by atoms with E-state index in [0.29, 0.717) is 29.1 Å². The molecule has 4 aliphatic heterocycles. The van der Waals surface area contributed by atoms with Gasteiger partial charge in [-0.15, -0.1) is 0 Å². The highest BCUT2D eigenvalue weighted by atomic mass is 79.9. The lowest BCUT2D eigenvalue weighted by Gasteiger charge is -2.33. The van der Waals surface area contributed by atoms with E-state index >= 15 is 0 Å². The number of fused-ring (bicyclic) bond motifs is 6. The number of nitrogens with zero attached hydrogens (tertiary/aromatic N) is 6. The highest BCUT2D eigenvalue weighted by Crippen LogP contribution is 2.47.